The first-order chi connectivity index (χ1) is 8.02. The monoisotopic (exact) mass is 242 g/mol. The van der Waals surface area contributed by atoms with Crippen molar-refractivity contribution in [2.75, 3.05) is 32.7 Å². The fourth-order valence-corrected chi connectivity index (χ4v) is 2.43. The highest BCUT2D eigenvalue weighted by atomic mass is 16.4. The molecule has 17 heavy (non-hydrogen) atoms. The molecule has 1 heterocycles. The Balaban J connectivity index is 2.43. The van der Waals surface area contributed by atoms with Crippen LogP contribution >= 0.6 is 0 Å². The quantitative estimate of drug-likeness (QED) is 0.769. The van der Waals surface area contributed by atoms with Crippen molar-refractivity contribution in [3.8, 4) is 0 Å². The Morgan fingerprint density at radius 2 is 2.18 bits per heavy atom. The van der Waals surface area contributed by atoms with Crippen LogP contribution in [0.1, 0.15) is 26.7 Å². The molecule has 1 saturated heterocycles. The number of carboxylic acid groups (broad SMARTS) is 1. The number of likely N-dealkylation sites (tertiary alicyclic amines) is 1. The first-order valence-corrected chi connectivity index (χ1v) is 6.22. The Hall–Kier alpha value is -1.10. The molecule has 0 radical (unpaired) electrons. The number of carbonyl (C=O) groups excluding carboxylic acids is 1. The summed E-state index contributed by atoms with van der Waals surface area (Å²) in [6.45, 7) is 6.79. The molecule has 5 heteroatoms. The van der Waals surface area contributed by atoms with Crippen LogP contribution in [0.4, 0.5) is 0 Å². The van der Waals surface area contributed by atoms with Gasteiger partial charge in [0.05, 0.1) is 6.54 Å². The van der Waals surface area contributed by atoms with E-state index >= 15 is 0 Å². The molecule has 0 aromatic heterocycles. The zero-order valence-corrected chi connectivity index (χ0v) is 10.7. The number of hydrogen-bond acceptors (Lipinski definition) is 3. The highest BCUT2D eigenvalue weighted by molar-refractivity contribution is 5.73. The standard InChI is InChI=1S/C12H22N2O3/c1-3-14(10(2)15)8-11-5-4-6-13(7-11)9-12(16)17/h11H,3-9H2,1-2H3,(H,16,17). The molecule has 5 nitrogen and oxygen atoms in total. The van der Waals surface area contributed by atoms with Crippen molar-refractivity contribution >= 4 is 11.9 Å². The second kappa shape index (κ2) is 6.59. The second-order valence-corrected chi connectivity index (χ2v) is 4.69. The summed E-state index contributed by atoms with van der Waals surface area (Å²) in [5.74, 6) is -0.264. The summed E-state index contributed by atoms with van der Waals surface area (Å²) >= 11 is 0. The number of rotatable bonds is 5. The predicted molar refractivity (Wildman–Crippen MR) is 64.7 cm³/mol. The molecule has 0 aliphatic carbocycles. The van der Waals surface area contributed by atoms with E-state index in [0.29, 0.717) is 5.92 Å². The molecule has 1 amide bonds. The van der Waals surface area contributed by atoms with E-state index in [1.165, 1.54) is 0 Å². The van der Waals surface area contributed by atoms with Crippen LogP contribution in [0.25, 0.3) is 0 Å². The fourth-order valence-electron chi connectivity index (χ4n) is 2.43. The summed E-state index contributed by atoms with van der Waals surface area (Å²) in [6, 6.07) is 0. The van der Waals surface area contributed by atoms with Gasteiger partial charge in [-0.15, -0.1) is 0 Å². The highest BCUT2D eigenvalue weighted by Crippen LogP contribution is 2.17. The predicted octanol–water partition coefficient (Wildman–Crippen LogP) is 0.651. The Kier molecular flexibility index (Phi) is 5.41. The van der Waals surface area contributed by atoms with Gasteiger partial charge in [0.25, 0.3) is 0 Å². The minimum Gasteiger partial charge on any atom is -0.480 e. The third-order valence-electron chi connectivity index (χ3n) is 3.27. The van der Waals surface area contributed by atoms with Crippen molar-refractivity contribution in [3.63, 3.8) is 0 Å². The van der Waals surface area contributed by atoms with Crippen LogP contribution in [0.2, 0.25) is 0 Å². The van der Waals surface area contributed by atoms with E-state index in [4.69, 9.17) is 5.11 Å². The molecule has 0 aromatic carbocycles. The lowest BCUT2D eigenvalue weighted by molar-refractivity contribution is -0.139. The summed E-state index contributed by atoms with van der Waals surface area (Å²) in [4.78, 5) is 25.8. The molecule has 0 aromatic rings. The smallest absolute Gasteiger partial charge is 0.317 e. The molecule has 1 aliphatic heterocycles. The van der Waals surface area contributed by atoms with Crippen molar-refractivity contribution < 1.29 is 14.7 Å². The number of nitrogens with zero attached hydrogens (tertiary/aromatic N) is 2. The van der Waals surface area contributed by atoms with Gasteiger partial charge in [0.1, 0.15) is 0 Å². The minimum absolute atomic E-state index is 0.0999. The van der Waals surface area contributed by atoms with Gasteiger partial charge in [0, 0.05) is 26.6 Å². The van der Waals surface area contributed by atoms with Crippen molar-refractivity contribution in [1.29, 1.82) is 0 Å². The van der Waals surface area contributed by atoms with Crippen molar-refractivity contribution in [2.45, 2.75) is 26.7 Å². The molecule has 1 atom stereocenters. The molecule has 0 saturated carbocycles. The van der Waals surface area contributed by atoms with Gasteiger partial charge < -0.3 is 10.0 Å². The average molecular weight is 242 g/mol. The molecule has 0 spiro atoms. The van der Waals surface area contributed by atoms with E-state index < -0.39 is 5.97 Å². The zero-order chi connectivity index (χ0) is 12.8. The first-order valence-electron chi connectivity index (χ1n) is 6.22. The Labute approximate surface area is 102 Å². The number of piperidine rings is 1. The third-order valence-corrected chi connectivity index (χ3v) is 3.27. The first kappa shape index (κ1) is 14.0. The van der Waals surface area contributed by atoms with Crippen LogP contribution in [0.15, 0.2) is 0 Å². The average Bonchev–Trinajstić information content (AvgIpc) is 2.25. The van der Waals surface area contributed by atoms with Crippen LogP contribution in [0.5, 0.6) is 0 Å². The van der Waals surface area contributed by atoms with Gasteiger partial charge in [0.15, 0.2) is 0 Å². The maximum atomic E-state index is 11.3. The summed E-state index contributed by atoms with van der Waals surface area (Å²) in [5, 5.41) is 8.76. The van der Waals surface area contributed by atoms with E-state index in [0.717, 1.165) is 39.0 Å². The number of hydrogen-bond donors (Lipinski definition) is 1. The second-order valence-electron chi connectivity index (χ2n) is 4.69. The SMILES string of the molecule is CCN(CC1CCCN(CC(=O)O)C1)C(C)=O. The maximum absolute atomic E-state index is 11.3. The van der Waals surface area contributed by atoms with Gasteiger partial charge in [-0.05, 0) is 32.2 Å². The molecule has 1 N–H and O–H groups in total. The van der Waals surface area contributed by atoms with Crippen molar-refractivity contribution in [2.24, 2.45) is 5.92 Å². The lowest BCUT2D eigenvalue weighted by Gasteiger charge is -2.34. The zero-order valence-electron chi connectivity index (χ0n) is 10.7. The van der Waals surface area contributed by atoms with Crippen LogP contribution in [0, 0.1) is 5.92 Å². The lowest BCUT2D eigenvalue weighted by atomic mass is 9.97. The topological polar surface area (TPSA) is 60.9 Å². The van der Waals surface area contributed by atoms with Crippen LogP contribution in [0.3, 0.4) is 0 Å². The molecule has 98 valence electrons. The van der Waals surface area contributed by atoms with Crippen LogP contribution in [-0.2, 0) is 9.59 Å². The van der Waals surface area contributed by atoms with Gasteiger partial charge >= 0.3 is 5.97 Å². The van der Waals surface area contributed by atoms with E-state index in [9.17, 15) is 9.59 Å². The van der Waals surface area contributed by atoms with E-state index in [2.05, 4.69) is 0 Å². The van der Waals surface area contributed by atoms with Gasteiger partial charge in [-0.3, -0.25) is 14.5 Å². The molecule has 1 fully saturated rings. The Morgan fingerprint density at radius 1 is 1.47 bits per heavy atom. The van der Waals surface area contributed by atoms with E-state index in [-0.39, 0.29) is 12.5 Å². The summed E-state index contributed by atoms with van der Waals surface area (Å²) in [5.41, 5.74) is 0. The summed E-state index contributed by atoms with van der Waals surface area (Å²) in [7, 11) is 0. The molecular weight excluding hydrogens is 220 g/mol. The molecular formula is C12H22N2O3. The van der Waals surface area contributed by atoms with Gasteiger partial charge in [-0.2, -0.15) is 0 Å². The lowest BCUT2D eigenvalue weighted by Crippen LogP contribution is -2.43. The van der Waals surface area contributed by atoms with Crippen LogP contribution < -0.4 is 0 Å². The summed E-state index contributed by atoms with van der Waals surface area (Å²) < 4.78 is 0. The highest BCUT2D eigenvalue weighted by Gasteiger charge is 2.23. The Morgan fingerprint density at radius 3 is 2.71 bits per heavy atom. The van der Waals surface area contributed by atoms with Crippen molar-refractivity contribution in [3.05, 3.63) is 0 Å². The number of carboxylic acids is 1. The number of aliphatic carboxylic acids is 1. The number of carbonyl (C=O) groups is 2. The maximum Gasteiger partial charge on any atom is 0.317 e. The Bertz CT molecular complexity index is 281. The van der Waals surface area contributed by atoms with Gasteiger partial charge in [0.2, 0.25) is 5.91 Å². The molecule has 1 aliphatic rings. The molecule has 1 unspecified atom stereocenters. The summed E-state index contributed by atoms with van der Waals surface area (Å²) in [6.07, 6.45) is 2.10. The van der Waals surface area contributed by atoms with Crippen LogP contribution in [-0.4, -0.2) is 59.5 Å². The minimum atomic E-state index is -0.774. The van der Waals surface area contributed by atoms with Gasteiger partial charge in [-0.1, -0.05) is 0 Å². The molecule has 1 rings (SSSR count). The largest absolute Gasteiger partial charge is 0.480 e. The van der Waals surface area contributed by atoms with Crippen molar-refractivity contribution in [1.82, 2.24) is 9.80 Å². The normalized spacial score (nSPS) is 21.2. The third kappa shape index (κ3) is 4.73. The molecule has 0 bridgehead atoms. The van der Waals surface area contributed by atoms with E-state index in [1.807, 2.05) is 16.7 Å². The van der Waals surface area contributed by atoms with Gasteiger partial charge in [-0.25, -0.2) is 0 Å². The number of amides is 1. The fraction of sp³-hybridized carbons (Fsp3) is 0.833. The van der Waals surface area contributed by atoms with E-state index in [1.54, 1.807) is 6.92 Å².